The molecule has 3 unspecified atom stereocenters. The molecule has 0 saturated carbocycles. The van der Waals surface area contributed by atoms with Gasteiger partial charge in [0.1, 0.15) is 11.2 Å². The first-order valence-corrected chi connectivity index (χ1v) is 23.6. The van der Waals surface area contributed by atoms with Gasteiger partial charge in [-0.15, -0.1) is 0 Å². The van der Waals surface area contributed by atoms with Crippen LogP contribution >= 0.6 is 0 Å². The summed E-state index contributed by atoms with van der Waals surface area (Å²) in [4.78, 5) is 103. The smallest absolute Gasteiger partial charge is 0.386 e. The van der Waals surface area contributed by atoms with Gasteiger partial charge in [0.2, 0.25) is 0 Å². The van der Waals surface area contributed by atoms with Crippen LogP contribution in [0.5, 0.6) is 0 Å². The largest absolute Gasteiger partial charge is 0.479 e. The first-order valence-electron chi connectivity index (χ1n) is 23.6. The van der Waals surface area contributed by atoms with Crippen molar-refractivity contribution in [1.29, 1.82) is 0 Å². The molecule has 0 saturated heterocycles. The molecule has 65 heavy (non-hydrogen) atoms. The summed E-state index contributed by atoms with van der Waals surface area (Å²) in [6.45, 7) is 23.0. The predicted molar refractivity (Wildman–Crippen MR) is 247 cm³/mol. The molecule has 0 spiro atoms. The second-order valence-electron chi connectivity index (χ2n) is 18.4. The van der Waals surface area contributed by atoms with E-state index >= 15 is 0 Å². The first kappa shape index (κ1) is 58.6. The predicted octanol–water partition coefficient (Wildman–Crippen LogP) is 12.4. The molecule has 0 aliphatic carbocycles. The Morgan fingerprint density at radius 2 is 1.02 bits per heavy atom. The van der Waals surface area contributed by atoms with E-state index in [4.69, 9.17) is 34.2 Å². The molecular formula is C51H80O14. The summed E-state index contributed by atoms with van der Waals surface area (Å²) in [6, 6.07) is 15.1. The van der Waals surface area contributed by atoms with Crippen LogP contribution in [0.25, 0.3) is 0 Å². The summed E-state index contributed by atoms with van der Waals surface area (Å²) in [6.07, 6.45) is 11.2. The molecule has 0 amide bonds. The second-order valence-corrected chi connectivity index (χ2v) is 18.4. The zero-order valence-electron chi connectivity index (χ0n) is 41.4. The number of aliphatic carboxylic acids is 1. The third kappa shape index (κ3) is 22.6. The summed E-state index contributed by atoms with van der Waals surface area (Å²) < 4.78 is 0. The van der Waals surface area contributed by atoms with Crippen LogP contribution in [0.2, 0.25) is 0 Å². The molecule has 0 bridgehead atoms. The normalized spacial score (nSPS) is 13.6. The number of carboxylic acids is 1. The minimum Gasteiger partial charge on any atom is -0.479 e. The van der Waals surface area contributed by atoms with Gasteiger partial charge in [-0.2, -0.15) is 9.78 Å². The van der Waals surface area contributed by atoms with Crippen LogP contribution in [0.4, 0.5) is 0 Å². The minimum atomic E-state index is -1.45. The number of rotatable bonds is 30. The maximum absolute atomic E-state index is 12.5. The molecule has 3 atom stereocenters. The van der Waals surface area contributed by atoms with Gasteiger partial charge < -0.3 is 5.11 Å². The fourth-order valence-electron chi connectivity index (χ4n) is 6.24. The highest BCUT2D eigenvalue weighted by Gasteiger charge is 2.41. The molecule has 0 heterocycles. The van der Waals surface area contributed by atoms with Gasteiger partial charge in [0.05, 0.1) is 28.6 Å². The Hall–Kier alpha value is -4.37. The zero-order valence-corrected chi connectivity index (χ0v) is 41.4. The molecule has 0 aliphatic heterocycles. The fraction of sp³-hybridized carbons (Fsp3) is 0.667. The third-order valence-electron chi connectivity index (χ3n) is 11.4. The molecule has 14 heteroatoms. The van der Waals surface area contributed by atoms with Crippen molar-refractivity contribution in [1.82, 2.24) is 0 Å². The summed E-state index contributed by atoms with van der Waals surface area (Å²) >= 11 is 0. The van der Waals surface area contributed by atoms with E-state index in [1.165, 1.54) is 0 Å². The van der Waals surface area contributed by atoms with Gasteiger partial charge in [0.25, 0.3) is 0 Å². The first-order chi connectivity index (χ1) is 30.7. The Morgan fingerprint density at radius 3 is 1.48 bits per heavy atom. The highest BCUT2D eigenvalue weighted by Crippen LogP contribution is 2.30. The molecule has 0 aromatic heterocycles. The summed E-state index contributed by atoms with van der Waals surface area (Å²) in [5.74, 6) is -3.48. The van der Waals surface area contributed by atoms with Crippen molar-refractivity contribution in [3.8, 4) is 0 Å². The highest BCUT2D eigenvalue weighted by molar-refractivity contribution is 5.93. The van der Waals surface area contributed by atoms with Crippen LogP contribution in [0.1, 0.15) is 206 Å². The third-order valence-corrected chi connectivity index (χ3v) is 11.4. The van der Waals surface area contributed by atoms with E-state index in [2.05, 4.69) is 18.7 Å². The number of carbonyl (C=O) groups excluding carboxylic acids is 4. The number of aryl methyl sites for hydroxylation is 1. The standard InChI is InChI=1S/C27H34O8.C24H46O6/c1-5-26(3,4)34-35-27(6-2,25(30)31)19-13-12-15-20-14-10-11-18-22(20)24(29)33-32-23(28)21-16-8-7-9-17-21;1-9-13-15-19(11-3)21(25)27-29-23(5,6)17-18-24(7,8)30-28-22(26)20(12-4)16-14-10-2/h7-11,14,16-18H,5-6,12-13,15,19H2,1-4H3,(H,30,31);19-20H,9-18H2,1-8H3. The van der Waals surface area contributed by atoms with Gasteiger partial charge in [0, 0.05) is 0 Å². The van der Waals surface area contributed by atoms with Crippen LogP contribution in [0, 0.1) is 11.8 Å². The average Bonchev–Trinajstić information content (AvgIpc) is 3.29. The molecule has 2 aromatic rings. The number of unbranched alkanes of at least 4 members (excludes halogenated alkanes) is 3. The molecule has 2 rings (SSSR count). The number of hydrogen-bond donors (Lipinski definition) is 1. The van der Waals surface area contributed by atoms with E-state index < -0.39 is 40.3 Å². The van der Waals surface area contributed by atoms with E-state index in [-0.39, 0.29) is 47.7 Å². The number of hydrogen-bond acceptors (Lipinski definition) is 13. The Bertz CT molecular complexity index is 1660. The van der Waals surface area contributed by atoms with E-state index in [9.17, 15) is 29.1 Å². The number of benzene rings is 2. The maximum Gasteiger partial charge on any atom is 0.386 e. The van der Waals surface area contributed by atoms with E-state index in [1.807, 2.05) is 62.3 Å². The monoisotopic (exact) mass is 917 g/mol. The molecule has 368 valence electrons. The zero-order chi connectivity index (χ0) is 49.1. The Kier molecular flexibility index (Phi) is 27.1. The molecule has 0 radical (unpaired) electrons. The van der Waals surface area contributed by atoms with Crippen LogP contribution in [0.3, 0.4) is 0 Å². The lowest BCUT2D eigenvalue weighted by molar-refractivity contribution is -0.402. The Balaban J connectivity index is 0.000000659. The Morgan fingerprint density at radius 1 is 0.523 bits per heavy atom. The van der Waals surface area contributed by atoms with E-state index in [0.717, 1.165) is 51.4 Å². The van der Waals surface area contributed by atoms with E-state index in [0.29, 0.717) is 44.1 Å². The van der Waals surface area contributed by atoms with Gasteiger partial charge in [-0.1, -0.05) is 104 Å². The van der Waals surface area contributed by atoms with Gasteiger partial charge in [-0.25, -0.2) is 43.5 Å². The van der Waals surface area contributed by atoms with Gasteiger partial charge >= 0.3 is 29.8 Å². The van der Waals surface area contributed by atoms with Crippen LogP contribution in [0.15, 0.2) is 54.6 Å². The minimum absolute atomic E-state index is 0.126. The van der Waals surface area contributed by atoms with Crippen molar-refractivity contribution in [2.75, 3.05) is 0 Å². The van der Waals surface area contributed by atoms with Crippen LogP contribution < -0.4 is 0 Å². The molecule has 14 nitrogen and oxygen atoms in total. The quantitative estimate of drug-likeness (QED) is 0.0444. The summed E-state index contributed by atoms with van der Waals surface area (Å²) in [7, 11) is 0. The van der Waals surface area contributed by atoms with Crippen molar-refractivity contribution >= 4 is 29.8 Å². The van der Waals surface area contributed by atoms with E-state index in [1.54, 1.807) is 61.5 Å². The van der Waals surface area contributed by atoms with Gasteiger partial charge in [-0.3, -0.25) is 9.78 Å². The lowest BCUT2D eigenvalue weighted by atomic mass is 9.92. The van der Waals surface area contributed by atoms with Crippen molar-refractivity contribution in [3.63, 3.8) is 0 Å². The van der Waals surface area contributed by atoms with Crippen molar-refractivity contribution in [2.24, 2.45) is 11.8 Å². The van der Waals surface area contributed by atoms with Gasteiger partial charge in [-0.05, 0) is 142 Å². The molecule has 1 N–H and O–H groups in total. The number of carboxylic acid groups (broad SMARTS) is 1. The molecular weight excluding hydrogens is 837 g/mol. The molecule has 2 aromatic carbocycles. The van der Waals surface area contributed by atoms with Gasteiger partial charge in [0.15, 0.2) is 5.60 Å². The second kappa shape index (κ2) is 30.0. The fourth-order valence-corrected chi connectivity index (χ4v) is 6.24. The summed E-state index contributed by atoms with van der Waals surface area (Å²) in [5, 5.41) is 9.81. The highest BCUT2D eigenvalue weighted by atomic mass is 17.2. The van der Waals surface area contributed by atoms with Crippen molar-refractivity contribution in [3.05, 3.63) is 71.3 Å². The lowest BCUT2D eigenvalue weighted by Gasteiger charge is -2.31. The average molecular weight is 917 g/mol. The molecule has 0 aliphatic rings. The van der Waals surface area contributed by atoms with Crippen molar-refractivity contribution in [2.45, 2.75) is 208 Å². The van der Waals surface area contributed by atoms with Crippen molar-refractivity contribution < 1.29 is 68.2 Å². The maximum atomic E-state index is 12.5. The molecule has 0 fully saturated rings. The number of carbonyl (C=O) groups is 5. The van der Waals surface area contributed by atoms with Crippen LogP contribution in [-0.2, 0) is 59.9 Å². The lowest BCUT2D eigenvalue weighted by Crippen LogP contribution is -2.43. The topological polar surface area (TPSA) is 179 Å². The van der Waals surface area contributed by atoms with Crippen LogP contribution in [-0.4, -0.2) is 57.4 Å². The Labute approximate surface area is 388 Å². The summed E-state index contributed by atoms with van der Waals surface area (Å²) in [5.41, 5.74) is -2.14. The SMILES string of the molecule is CCC(C)(C)OOC(CC)(CCCCc1ccccc1C(=O)OOC(=O)c1ccccc1)C(=O)O.CCCCC(CC)C(=O)OOC(C)(C)CCC(C)(C)OOC(=O)C(CC)CCCC.